The summed E-state index contributed by atoms with van der Waals surface area (Å²) in [6.07, 6.45) is -4.46. The van der Waals surface area contributed by atoms with Gasteiger partial charge in [-0.1, -0.05) is 12.1 Å². The number of carboxylic acid groups (broad SMARTS) is 1. The fourth-order valence-electron chi connectivity index (χ4n) is 1.04. The van der Waals surface area contributed by atoms with E-state index in [9.17, 15) is 18.0 Å². The van der Waals surface area contributed by atoms with Crippen molar-refractivity contribution in [3.05, 3.63) is 29.8 Å². The van der Waals surface area contributed by atoms with Crippen LogP contribution in [0, 0.1) is 0 Å². The first-order valence-corrected chi connectivity index (χ1v) is 5.26. The van der Waals surface area contributed by atoms with E-state index >= 15 is 0 Å². The van der Waals surface area contributed by atoms with Gasteiger partial charge >= 0.3 is 12.1 Å². The van der Waals surface area contributed by atoms with E-state index in [4.69, 9.17) is 5.11 Å². The zero-order valence-corrected chi connectivity index (χ0v) is 9.10. The molecule has 1 aromatic carbocycles. The van der Waals surface area contributed by atoms with Gasteiger partial charge in [-0.3, -0.25) is 4.79 Å². The maximum Gasteiger partial charge on any atom is 0.417 e. The average Bonchev–Trinajstić information content (AvgIpc) is 2.16. The van der Waals surface area contributed by atoms with E-state index in [1.807, 2.05) is 0 Å². The molecule has 0 saturated heterocycles. The van der Waals surface area contributed by atoms with Crippen molar-refractivity contribution in [3.63, 3.8) is 0 Å². The van der Waals surface area contributed by atoms with E-state index in [0.717, 1.165) is 6.07 Å². The van der Waals surface area contributed by atoms with E-state index in [2.05, 4.69) is 0 Å². The summed E-state index contributed by atoms with van der Waals surface area (Å²) < 4.78 is 37.6. The van der Waals surface area contributed by atoms with Crippen LogP contribution in [0.3, 0.4) is 0 Å². The maximum atomic E-state index is 12.5. The molecular formula is C10H9F3O2S. The highest BCUT2D eigenvalue weighted by Gasteiger charge is 2.33. The predicted octanol–water partition coefficient (Wildman–Crippen LogP) is 3.27. The molecule has 6 heteroatoms. The van der Waals surface area contributed by atoms with E-state index in [-0.39, 0.29) is 4.90 Å². The van der Waals surface area contributed by atoms with E-state index in [0.29, 0.717) is 11.8 Å². The van der Waals surface area contributed by atoms with Crippen LogP contribution in [-0.4, -0.2) is 16.3 Å². The molecule has 0 heterocycles. The summed E-state index contributed by atoms with van der Waals surface area (Å²) in [5.74, 6) is -1.14. The highest BCUT2D eigenvalue weighted by Crippen LogP contribution is 2.37. The number of aliphatic carboxylic acids is 1. The van der Waals surface area contributed by atoms with Gasteiger partial charge in [-0.25, -0.2) is 0 Å². The van der Waals surface area contributed by atoms with Gasteiger partial charge in [0.05, 0.1) is 5.56 Å². The molecule has 88 valence electrons. The Morgan fingerprint density at radius 2 is 1.94 bits per heavy atom. The lowest BCUT2D eigenvalue weighted by atomic mass is 10.2. The van der Waals surface area contributed by atoms with Crippen LogP contribution in [0.2, 0.25) is 0 Å². The molecule has 1 rings (SSSR count). The molecule has 0 aliphatic rings. The summed E-state index contributed by atoms with van der Waals surface area (Å²) in [5, 5.41) is 7.72. The standard InChI is InChI=1S/C10H9F3O2S/c1-6(9(14)15)16-8-5-3-2-4-7(8)10(11,12)13/h2-6H,1H3,(H,14,15). The molecule has 0 aromatic heterocycles. The molecule has 0 aliphatic carbocycles. The molecule has 0 aliphatic heterocycles. The smallest absolute Gasteiger partial charge is 0.417 e. The number of thioether (sulfide) groups is 1. The van der Waals surface area contributed by atoms with Crippen LogP contribution < -0.4 is 0 Å². The van der Waals surface area contributed by atoms with Gasteiger partial charge in [0.25, 0.3) is 0 Å². The third kappa shape index (κ3) is 3.16. The summed E-state index contributed by atoms with van der Waals surface area (Å²) in [4.78, 5) is 10.5. The third-order valence-electron chi connectivity index (χ3n) is 1.84. The quantitative estimate of drug-likeness (QED) is 0.836. The molecule has 0 bridgehead atoms. The van der Waals surface area contributed by atoms with Crippen LogP contribution in [-0.2, 0) is 11.0 Å². The van der Waals surface area contributed by atoms with Crippen LogP contribution in [0.4, 0.5) is 13.2 Å². The van der Waals surface area contributed by atoms with E-state index in [1.54, 1.807) is 0 Å². The minimum atomic E-state index is -4.46. The molecule has 16 heavy (non-hydrogen) atoms. The maximum absolute atomic E-state index is 12.5. The molecule has 0 saturated carbocycles. The fraction of sp³-hybridized carbons (Fsp3) is 0.300. The summed E-state index contributed by atoms with van der Waals surface area (Å²) in [6.45, 7) is 1.35. The number of benzene rings is 1. The molecule has 1 N–H and O–H groups in total. The van der Waals surface area contributed by atoms with Crippen LogP contribution in [0.15, 0.2) is 29.2 Å². The topological polar surface area (TPSA) is 37.3 Å². The van der Waals surface area contributed by atoms with Crippen LogP contribution in [0.1, 0.15) is 12.5 Å². The second-order valence-electron chi connectivity index (χ2n) is 3.09. The Morgan fingerprint density at radius 3 is 2.44 bits per heavy atom. The van der Waals surface area contributed by atoms with Gasteiger partial charge in [0.2, 0.25) is 0 Å². The second-order valence-corrected chi connectivity index (χ2v) is 4.47. The predicted molar refractivity (Wildman–Crippen MR) is 54.4 cm³/mol. The first-order valence-electron chi connectivity index (χ1n) is 4.38. The summed E-state index contributed by atoms with van der Waals surface area (Å²) in [7, 11) is 0. The molecule has 1 atom stereocenters. The van der Waals surface area contributed by atoms with Crippen molar-refractivity contribution in [1.29, 1.82) is 0 Å². The highest BCUT2D eigenvalue weighted by atomic mass is 32.2. The second kappa shape index (κ2) is 4.78. The first-order chi connectivity index (χ1) is 7.32. The summed E-state index contributed by atoms with van der Waals surface area (Å²) in [6, 6.07) is 4.94. The zero-order chi connectivity index (χ0) is 12.3. The van der Waals surface area contributed by atoms with Crippen molar-refractivity contribution in [2.45, 2.75) is 23.2 Å². The Bertz CT molecular complexity index is 390. The zero-order valence-electron chi connectivity index (χ0n) is 8.28. The van der Waals surface area contributed by atoms with Gasteiger partial charge in [0, 0.05) is 4.90 Å². The molecular weight excluding hydrogens is 241 g/mol. The monoisotopic (exact) mass is 250 g/mol. The molecule has 0 amide bonds. The summed E-state index contributed by atoms with van der Waals surface area (Å²) in [5.41, 5.74) is -0.798. The lowest BCUT2D eigenvalue weighted by molar-refractivity contribution is -0.140. The largest absolute Gasteiger partial charge is 0.480 e. The fourth-order valence-corrected chi connectivity index (χ4v) is 1.99. The van der Waals surface area contributed by atoms with Gasteiger partial charge in [0.1, 0.15) is 5.25 Å². The number of carboxylic acids is 1. The normalized spacial score (nSPS) is 13.5. The molecule has 0 spiro atoms. The first kappa shape index (κ1) is 12.9. The Balaban J connectivity index is 3.01. The minimum Gasteiger partial charge on any atom is -0.480 e. The number of carbonyl (C=O) groups is 1. The SMILES string of the molecule is CC(Sc1ccccc1C(F)(F)F)C(=O)O. The van der Waals surface area contributed by atoms with Gasteiger partial charge in [-0.15, -0.1) is 11.8 Å². The van der Waals surface area contributed by atoms with Crippen molar-refractivity contribution in [2.75, 3.05) is 0 Å². The Hall–Kier alpha value is -1.17. The number of halogens is 3. The molecule has 0 fully saturated rings. The number of hydrogen-bond donors (Lipinski definition) is 1. The number of hydrogen-bond acceptors (Lipinski definition) is 2. The molecule has 0 radical (unpaired) electrons. The molecule has 1 unspecified atom stereocenters. The van der Waals surface area contributed by atoms with Crippen LogP contribution >= 0.6 is 11.8 Å². The Morgan fingerprint density at radius 1 is 1.38 bits per heavy atom. The highest BCUT2D eigenvalue weighted by molar-refractivity contribution is 8.00. The molecule has 2 nitrogen and oxygen atoms in total. The van der Waals surface area contributed by atoms with Gasteiger partial charge in [0.15, 0.2) is 0 Å². The van der Waals surface area contributed by atoms with Crippen molar-refractivity contribution >= 4 is 17.7 Å². The van der Waals surface area contributed by atoms with E-state index in [1.165, 1.54) is 25.1 Å². The lowest BCUT2D eigenvalue weighted by Crippen LogP contribution is -2.13. The van der Waals surface area contributed by atoms with Crippen molar-refractivity contribution in [1.82, 2.24) is 0 Å². The van der Waals surface area contributed by atoms with Crippen molar-refractivity contribution in [3.8, 4) is 0 Å². The van der Waals surface area contributed by atoms with Crippen LogP contribution in [0.25, 0.3) is 0 Å². The number of alkyl halides is 3. The van der Waals surface area contributed by atoms with Crippen LogP contribution in [0.5, 0.6) is 0 Å². The van der Waals surface area contributed by atoms with E-state index < -0.39 is 23.0 Å². The minimum absolute atomic E-state index is 0.0649. The van der Waals surface area contributed by atoms with Gasteiger partial charge < -0.3 is 5.11 Å². The molecule has 1 aromatic rings. The average molecular weight is 250 g/mol. The Labute approximate surface area is 94.5 Å². The van der Waals surface area contributed by atoms with Crippen molar-refractivity contribution in [2.24, 2.45) is 0 Å². The lowest BCUT2D eigenvalue weighted by Gasteiger charge is -2.13. The number of rotatable bonds is 3. The van der Waals surface area contributed by atoms with Gasteiger partial charge in [-0.05, 0) is 19.1 Å². The third-order valence-corrected chi connectivity index (χ3v) is 3.01. The van der Waals surface area contributed by atoms with Crippen molar-refractivity contribution < 1.29 is 23.1 Å². The summed E-state index contributed by atoms with van der Waals surface area (Å²) >= 11 is 0.686. The van der Waals surface area contributed by atoms with Gasteiger partial charge in [-0.2, -0.15) is 13.2 Å². The Kier molecular flexibility index (Phi) is 3.85.